The second kappa shape index (κ2) is 6.97. The molecule has 1 saturated heterocycles. The van der Waals surface area contributed by atoms with E-state index in [0.717, 1.165) is 0 Å². The van der Waals surface area contributed by atoms with Crippen molar-refractivity contribution in [3.05, 3.63) is 18.3 Å². The van der Waals surface area contributed by atoms with Gasteiger partial charge in [0.15, 0.2) is 5.82 Å². The summed E-state index contributed by atoms with van der Waals surface area (Å²) in [6.45, 7) is 0.809. The highest BCUT2D eigenvalue weighted by molar-refractivity contribution is 7.90. The van der Waals surface area contributed by atoms with Crippen LogP contribution >= 0.6 is 0 Å². The lowest BCUT2D eigenvalue weighted by molar-refractivity contribution is -0.0455. The minimum Gasteiger partial charge on any atom is -0.384 e. The van der Waals surface area contributed by atoms with Gasteiger partial charge in [-0.15, -0.1) is 5.10 Å². The molecule has 2 rings (SSSR count). The fraction of sp³-hybridized carbons (Fsp3) is 0.667. The van der Waals surface area contributed by atoms with E-state index in [1.165, 1.54) is 13.3 Å². The molecule has 0 radical (unpaired) electrons. The van der Waals surface area contributed by atoms with Crippen LogP contribution in [0.15, 0.2) is 18.3 Å². The molecule has 1 N–H and O–H groups in total. The summed E-state index contributed by atoms with van der Waals surface area (Å²) in [4.78, 5) is 1.84. The number of halogens is 3. The van der Waals surface area contributed by atoms with Gasteiger partial charge in [-0.05, 0) is 18.6 Å². The van der Waals surface area contributed by atoms with Crippen molar-refractivity contribution in [2.24, 2.45) is 5.92 Å². The van der Waals surface area contributed by atoms with Crippen LogP contribution in [0.25, 0.3) is 0 Å². The molecule has 0 aliphatic carbocycles. The lowest BCUT2D eigenvalue weighted by Gasteiger charge is -2.38. The third-order valence-corrected chi connectivity index (χ3v) is 4.83. The molecule has 130 valence electrons. The van der Waals surface area contributed by atoms with E-state index in [4.69, 9.17) is 4.74 Å². The molecule has 11 heteroatoms. The lowest BCUT2D eigenvalue weighted by atomic mass is 9.93. The number of ether oxygens (including phenoxy) is 1. The number of rotatable bonds is 5. The second-order valence-electron chi connectivity index (χ2n) is 5.21. The van der Waals surface area contributed by atoms with Crippen molar-refractivity contribution in [2.75, 3.05) is 31.7 Å². The van der Waals surface area contributed by atoms with Crippen LogP contribution in [-0.2, 0) is 14.8 Å². The first-order chi connectivity index (χ1) is 10.7. The predicted molar refractivity (Wildman–Crippen MR) is 76.1 cm³/mol. The van der Waals surface area contributed by atoms with Crippen LogP contribution in [0.2, 0.25) is 0 Å². The second-order valence-corrected chi connectivity index (χ2v) is 6.91. The summed E-state index contributed by atoms with van der Waals surface area (Å²) in [5.41, 5.74) is -5.33. The Morgan fingerprint density at radius 3 is 2.78 bits per heavy atom. The Bertz CT molecular complexity index is 612. The molecule has 1 aromatic rings. The topological polar surface area (TPSA) is 84.4 Å². The first kappa shape index (κ1) is 17.9. The van der Waals surface area contributed by atoms with E-state index in [0.29, 0.717) is 18.9 Å². The van der Waals surface area contributed by atoms with Crippen molar-refractivity contribution in [1.29, 1.82) is 0 Å². The zero-order chi connectivity index (χ0) is 17.1. The summed E-state index contributed by atoms with van der Waals surface area (Å²) in [5, 5.41) is 7.71. The maximum Gasteiger partial charge on any atom is 0.511 e. The van der Waals surface area contributed by atoms with E-state index >= 15 is 0 Å². The summed E-state index contributed by atoms with van der Waals surface area (Å²) in [6.07, 6.45) is 1.72. The molecule has 1 aliphatic heterocycles. The fourth-order valence-electron chi connectivity index (χ4n) is 2.51. The molecule has 0 aromatic carbocycles. The molecule has 1 fully saturated rings. The number of aromatic nitrogens is 2. The van der Waals surface area contributed by atoms with Crippen molar-refractivity contribution < 1.29 is 26.3 Å². The molecule has 2 heterocycles. The highest BCUT2D eigenvalue weighted by Gasteiger charge is 2.48. The normalized spacial score (nSPS) is 23.0. The number of hydrogen-bond donors (Lipinski definition) is 1. The Morgan fingerprint density at radius 1 is 1.48 bits per heavy atom. The van der Waals surface area contributed by atoms with E-state index in [-0.39, 0.29) is 13.0 Å². The van der Waals surface area contributed by atoms with E-state index < -0.39 is 27.5 Å². The molecule has 0 bridgehead atoms. The minimum absolute atomic E-state index is 0.127. The summed E-state index contributed by atoms with van der Waals surface area (Å²) >= 11 is 0. The van der Waals surface area contributed by atoms with Crippen LogP contribution in [0, 0.1) is 5.92 Å². The van der Waals surface area contributed by atoms with Crippen molar-refractivity contribution >= 4 is 15.8 Å². The lowest BCUT2D eigenvalue weighted by Crippen LogP contribution is -2.54. The van der Waals surface area contributed by atoms with Gasteiger partial charge in [0.05, 0.1) is 6.61 Å². The van der Waals surface area contributed by atoms with E-state index in [1.807, 2.05) is 4.90 Å². The first-order valence-electron chi connectivity index (χ1n) is 6.85. The minimum atomic E-state index is -5.38. The molecule has 0 unspecified atom stereocenters. The Morgan fingerprint density at radius 2 is 2.22 bits per heavy atom. The number of sulfonamides is 1. The average Bonchev–Trinajstić information content (AvgIpc) is 2.49. The fourth-order valence-corrected chi connectivity index (χ4v) is 3.35. The predicted octanol–water partition coefficient (Wildman–Crippen LogP) is 0.757. The largest absolute Gasteiger partial charge is 0.511 e. The van der Waals surface area contributed by atoms with Gasteiger partial charge >= 0.3 is 15.5 Å². The van der Waals surface area contributed by atoms with E-state index in [1.54, 1.807) is 16.9 Å². The Hall–Kier alpha value is -1.46. The summed E-state index contributed by atoms with van der Waals surface area (Å²) in [5.74, 6) is 0.151. The SMILES string of the molecule is COC[C@@H]1CN(c2cccnn2)CC[C@@H]1NS(=O)(=O)C(F)(F)F. The number of hydrogen-bond acceptors (Lipinski definition) is 6. The van der Waals surface area contributed by atoms with Gasteiger partial charge in [-0.1, -0.05) is 0 Å². The zero-order valence-electron chi connectivity index (χ0n) is 12.3. The van der Waals surface area contributed by atoms with Crippen LogP contribution in [0.3, 0.4) is 0 Å². The highest BCUT2D eigenvalue weighted by Crippen LogP contribution is 2.27. The van der Waals surface area contributed by atoms with E-state index in [9.17, 15) is 21.6 Å². The van der Waals surface area contributed by atoms with Gasteiger partial charge in [-0.25, -0.2) is 13.1 Å². The standard InChI is InChI=1S/C12H17F3N4O3S/c1-22-8-9-7-19(11-3-2-5-16-17-11)6-4-10(9)18-23(20,21)12(13,14)15/h2-3,5,9-10,18H,4,6-8H2,1H3/t9-,10-/m0/s1. The van der Waals surface area contributed by atoms with Crippen LogP contribution in [0.4, 0.5) is 19.0 Å². The molecular formula is C12H17F3N4O3S. The molecule has 1 aliphatic rings. The van der Waals surface area contributed by atoms with Crippen molar-refractivity contribution in [3.8, 4) is 0 Å². The van der Waals surface area contributed by atoms with Gasteiger partial charge in [0.1, 0.15) is 0 Å². The number of nitrogens with zero attached hydrogens (tertiary/aromatic N) is 3. The van der Waals surface area contributed by atoms with Gasteiger partial charge in [-0.2, -0.15) is 18.3 Å². The van der Waals surface area contributed by atoms with Gasteiger partial charge in [0, 0.05) is 38.4 Å². The summed E-state index contributed by atoms with van der Waals surface area (Å²) in [6, 6.07) is 2.58. The molecular weight excluding hydrogens is 337 g/mol. The summed E-state index contributed by atoms with van der Waals surface area (Å²) in [7, 11) is -3.97. The quantitative estimate of drug-likeness (QED) is 0.840. The van der Waals surface area contributed by atoms with Crippen molar-refractivity contribution in [3.63, 3.8) is 0 Å². The smallest absolute Gasteiger partial charge is 0.384 e. The van der Waals surface area contributed by atoms with Crippen LogP contribution < -0.4 is 9.62 Å². The van der Waals surface area contributed by atoms with Crippen LogP contribution in [0.1, 0.15) is 6.42 Å². The van der Waals surface area contributed by atoms with Crippen molar-refractivity contribution in [2.45, 2.75) is 18.0 Å². The Labute approximate surface area is 131 Å². The number of alkyl halides is 3. The average molecular weight is 354 g/mol. The van der Waals surface area contributed by atoms with Crippen molar-refractivity contribution in [1.82, 2.24) is 14.9 Å². The number of methoxy groups -OCH3 is 1. The zero-order valence-corrected chi connectivity index (χ0v) is 13.1. The Balaban J connectivity index is 2.11. The number of anilines is 1. The van der Waals surface area contributed by atoms with E-state index in [2.05, 4.69) is 10.2 Å². The molecule has 2 atom stereocenters. The molecule has 0 saturated carbocycles. The van der Waals surface area contributed by atoms with Crippen LogP contribution in [0.5, 0.6) is 0 Å². The van der Waals surface area contributed by atoms with Gasteiger partial charge < -0.3 is 9.64 Å². The molecule has 7 nitrogen and oxygen atoms in total. The molecule has 0 spiro atoms. The molecule has 0 amide bonds. The highest BCUT2D eigenvalue weighted by atomic mass is 32.2. The monoisotopic (exact) mass is 354 g/mol. The molecule has 1 aromatic heterocycles. The first-order valence-corrected chi connectivity index (χ1v) is 8.33. The Kier molecular flexibility index (Phi) is 5.42. The maximum absolute atomic E-state index is 12.5. The van der Waals surface area contributed by atoms with Gasteiger partial charge in [0.2, 0.25) is 0 Å². The maximum atomic E-state index is 12.5. The third kappa shape index (κ3) is 4.30. The van der Waals surface area contributed by atoms with Gasteiger partial charge in [0.25, 0.3) is 0 Å². The third-order valence-electron chi connectivity index (χ3n) is 3.61. The number of piperidine rings is 1. The molecule has 23 heavy (non-hydrogen) atoms. The van der Waals surface area contributed by atoms with Crippen LogP contribution in [-0.4, -0.2) is 57.0 Å². The summed E-state index contributed by atoms with van der Waals surface area (Å²) < 4.78 is 67.0. The number of nitrogens with one attached hydrogen (secondary N) is 1. The van der Waals surface area contributed by atoms with Gasteiger partial charge in [-0.3, -0.25) is 0 Å².